The summed E-state index contributed by atoms with van der Waals surface area (Å²) in [5.41, 5.74) is 4.61. The summed E-state index contributed by atoms with van der Waals surface area (Å²) in [6, 6.07) is 29.8. The molecule has 9 nitrogen and oxygen atoms in total. The summed E-state index contributed by atoms with van der Waals surface area (Å²) in [4.78, 5) is 34.6. The zero-order valence-electron chi connectivity index (χ0n) is 30.9. The van der Waals surface area contributed by atoms with Crippen molar-refractivity contribution in [3.05, 3.63) is 154 Å². The number of hydrogen-bond donors (Lipinski definition) is 2. The third kappa shape index (κ3) is 9.77. The van der Waals surface area contributed by atoms with Crippen LogP contribution < -0.4 is 14.2 Å². The molecule has 5 heterocycles. The predicted molar refractivity (Wildman–Crippen MR) is 217 cm³/mol. The fourth-order valence-corrected chi connectivity index (χ4v) is 8.75. The molecule has 0 radical (unpaired) electrons. The van der Waals surface area contributed by atoms with E-state index in [1.807, 2.05) is 42.5 Å². The molecule has 0 saturated carbocycles. The molecule has 2 N–H and O–H groups in total. The van der Waals surface area contributed by atoms with E-state index in [4.69, 9.17) is 14.2 Å². The highest BCUT2D eigenvalue weighted by molar-refractivity contribution is 7.99. The number of carbonyl (C=O) groups is 2. The second-order valence-corrected chi connectivity index (χ2v) is 16.1. The predicted octanol–water partition coefficient (Wildman–Crippen LogP) is 10.9. The van der Waals surface area contributed by atoms with Gasteiger partial charge in [-0.2, -0.15) is 0 Å². The number of aromatic carboxylic acids is 2. The highest BCUT2D eigenvalue weighted by Gasteiger charge is 2.24. The van der Waals surface area contributed by atoms with Gasteiger partial charge in [-0.3, -0.25) is 9.97 Å². The molecular formula is C45H42N2O7S2. The zero-order chi connectivity index (χ0) is 38.9. The lowest BCUT2D eigenvalue weighted by Crippen LogP contribution is -2.15. The van der Waals surface area contributed by atoms with Crippen LogP contribution in [0.1, 0.15) is 85.4 Å². The first kappa shape index (κ1) is 38.6. The molecule has 2 aliphatic rings. The first-order valence-corrected chi connectivity index (χ1v) is 20.3. The number of aromatic nitrogens is 2. The van der Waals surface area contributed by atoms with E-state index < -0.39 is 11.9 Å². The number of carboxylic acids is 2. The topological polar surface area (TPSA) is 128 Å². The molecule has 0 spiro atoms. The first-order valence-electron chi connectivity index (χ1n) is 18.6. The van der Waals surface area contributed by atoms with Crippen molar-refractivity contribution in [2.75, 3.05) is 13.2 Å². The SMILES string of the molecule is Cc1ccc(Oc2ccc3c(c2)OCCC3CCc2cnccc2C(=O)O)s1.O=C(O)c1ccncc1CCC1CCOc2cc(Sc3ccccc3)ccc21. The molecule has 0 amide bonds. The van der Waals surface area contributed by atoms with Gasteiger partial charge in [0.05, 0.1) is 24.3 Å². The Hall–Kier alpha value is -5.65. The average molecular weight is 787 g/mol. The van der Waals surface area contributed by atoms with Crippen molar-refractivity contribution in [3.63, 3.8) is 0 Å². The lowest BCUT2D eigenvalue weighted by molar-refractivity contribution is 0.0684. The number of carboxylic acid groups (broad SMARTS) is 2. The van der Waals surface area contributed by atoms with Gasteiger partial charge in [-0.25, -0.2) is 9.59 Å². The van der Waals surface area contributed by atoms with Crippen molar-refractivity contribution in [1.82, 2.24) is 9.97 Å². The van der Waals surface area contributed by atoms with Crippen LogP contribution >= 0.6 is 23.1 Å². The van der Waals surface area contributed by atoms with E-state index in [9.17, 15) is 19.8 Å². The summed E-state index contributed by atoms with van der Waals surface area (Å²) in [6.07, 6.45) is 11.3. The summed E-state index contributed by atoms with van der Waals surface area (Å²) in [7, 11) is 0. The maximum atomic E-state index is 11.4. The van der Waals surface area contributed by atoms with Crippen molar-refractivity contribution in [3.8, 4) is 22.3 Å². The normalized spacial score (nSPS) is 15.5. The van der Waals surface area contributed by atoms with Gasteiger partial charge in [0, 0.05) is 45.5 Å². The van der Waals surface area contributed by atoms with Crippen LogP contribution in [0.15, 0.2) is 126 Å². The second kappa shape index (κ2) is 18.3. The number of nitrogens with zero attached hydrogens (tertiary/aromatic N) is 2. The molecule has 2 unspecified atom stereocenters. The average Bonchev–Trinajstić information content (AvgIpc) is 3.63. The highest BCUT2D eigenvalue weighted by atomic mass is 32.2. The van der Waals surface area contributed by atoms with Gasteiger partial charge < -0.3 is 24.4 Å². The molecule has 3 aromatic carbocycles. The number of ether oxygens (including phenoxy) is 3. The van der Waals surface area contributed by atoms with Crippen LogP contribution in [0.25, 0.3) is 0 Å². The van der Waals surface area contributed by atoms with Crippen LogP contribution in [0.2, 0.25) is 0 Å². The molecule has 2 atom stereocenters. The van der Waals surface area contributed by atoms with Crippen LogP contribution in [0, 0.1) is 6.92 Å². The smallest absolute Gasteiger partial charge is 0.336 e. The number of thiophene rings is 1. The van der Waals surface area contributed by atoms with Gasteiger partial charge >= 0.3 is 11.9 Å². The van der Waals surface area contributed by atoms with Crippen LogP contribution in [0.4, 0.5) is 0 Å². The molecule has 0 aliphatic carbocycles. The van der Waals surface area contributed by atoms with E-state index in [1.54, 1.807) is 47.6 Å². The monoisotopic (exact) mass is 786 g/mol. The molecule has 6 aromatic rings. The Morgan fingerprint density at radius 2 is 1.32 bits per heavy atom. The maximum absolute atomic E-state index is 11.4. The van der Waals surface area contributed by atoms with E-state index >= 15 is 0 Å². The van der Waals surface area contributed by atoms with Crippen molar-refractivity contribution in [2.45, 2.75) is 67.1 Å². The van der Waals surface area contributed by atoms with Crippen molar-refractivity contribution < 1.29 is 34.0 Å². The van der Waals surface area contributed by atoms with Crippen molar-refractivity contribution in [2.24, 2.45) is 0 Å². The summed E-state index contributed by atoms with van der Waals surface area (Å²) >= 11 is 3.34. The van der Waals surface area contributed by atoms with E-state index in [1.165, 1.54) is 27.7 Å². The quantitative estimate of drug-likeness (QED) is 0.124. The molecule has 11 heteroatoms. The lowest BCUT2D eigenvalue weighted by Gasteiger charge is -2.26. The van der Waals surface area contributed by atoms with Crippen molar-refractivity contribution >= 4 is 35.0 Å². The number of pyridine rings is 2. The number of hydrogen-bond acceptors (Lipinski definition) is 9. The minimum absolute atomic E-state index is 0.323. The van der Waals surface area contributed by atoms with Gasteiger partial charge in [-0.15, -0.1) is 11.3 Å². The van der Waals surface area contributed by atoms with Gasteiger partial charge in [0.15, 0.2) is 5.06 Å². The van der Waals surface area contributed by atoms with Crippen LogP contribution in [-0.4, -0.2) is 45.3 Å². The van der Waals surface area contributed by atoms with E-state index in [0.29, 0.717) is 49.0 Å². The van der Waals surface area contributed by atoms with Gasteiger partial charge in [0.1, 0.15) is 17.2 Å². The van der Waals surface area contributed by atoms with E-state index in [0.717, 1.165) is 69.6 Å². The van der Waals surface area contributed by atoms with Gasteiger partial charge in [0.2, 0.25) is 0 Å². The Morgan fingerprint density at radius 1 is 0.732 bits per heavy atom. The highest BCUT2D eigenvalue weighted by Crippen LogP contribution is 2.42. The molecule has 56 heavy (non-hydrogen) atoms. The van der Waals surface area contributed by atoms with Crippen LogP contribution in [-0.2, 0) is 12.8 Å². The minimum Gasteiger partial charge on any atom is -0.493 e. The number of benzene rings is 3. The zero-order valence-corrected chi connectivity index (χ0v) is 32.6. The molecule has 3 aromatic heterocycles. The molecular weight excluding hydrogens is 745 g/mol. The number of rotatable bonds is 12. The lowest BCUT2D eigenvalue weighted by atomic mass is 9.87. The summed E-state index contributed by atoms with van der Waals surface area (Å²) in [5.74, 6) is 1.45. The summed E-state index contributed by atoms with van der Waals surface area (Å²) < 4.78 is 17.7. The number of aryl methyl sites for hydroxylation is 3. The summed E-state index contributed by atoms with van der Waals surface area (Å²) in [6.45, 7) is 3.39. The molecule has 0 bridgehead atoms. The van der Waals surface area contributed by atoms with Crippen LogP contribution in [0.5, 0.6) is 22.3 Å². The Bertz CT molecular complexity index is 2290. The maximum Gasteiger partial charge on any atom is 0.336 e. The second-order valence-electron chi connectivity index (χ2n) is 13.7. The minimum atomic E-state index is -0.907. The van der Waals surface area contributed by atoms with E-state index in [2.05, 4.69) is 53.3 Å². The summed E-state index contributed by atoms with van der Waals surface area (Å²) in [5, 5.41) is 19.6. The van der Waals surface area contributed by atoms with Gasteiger partial charge in [0.25, 0.3) is 0 Å². The van der Waals surface area contributed by atoms with Gasteiger partial charge in [-0.05, 0) is 134 Å². The van der Waals surface area contributed by atoms with Crippen LogP contribution in [0.3, 0.4) is 0 Å². The Balaban J connectivity index is 0.000000172. The molecule has 0 saturated heterocycles. The Kier molecular flexibility index (Phi) is 12.6. The number of fused-ring (bicyclic) bond motifs is 2. The largest absolute Gasteiger partial charge is 0.493 e. The van der Waals surface area contributed by atoms with E-state index in [-0.39, 0.29) is 0 Å². The van der Waals surface area contributed by atoms with Gasteiger partial charge in [-0.1, -0.05) is 42.1 Å². The Morgan fingerprint density at radius 3 is 1.89 bits per heavy atom. The van der Waals surface area contributed by atoms with Crippen molar-refractivity contribution in [1.29, 1.82) is 0 Å². The molecule has 8 rings (SSSR count). The fraction of sp³-hybridized carbons (Fsp3) is 0.244. The first-order chi connectivity index (χ1) is 27.3. The third-order valence-corrected chi connectivity index (χ3v) is 11.9. The third-order valence-electron chi connectivity index (χ3n) is 10.0. The molecule has 2 aliphatic heterocycles. The fourth-order valence-electron chi connectivity index (χ4n) is 7.15. The standard InChI is InChI=1S/C23H21NO3S.C22H21NO4S/c25-23(26)21-10-12-24-15-17(21)7-6-16-11-13-27-22-14-19(8-9-20(16)22)28-18-4-2-1-3-5-18;1-14-2-7-21(28-14)27-17-5-6-18-15(9-11-26-20(18)12-17)3-4-16-13-23-10-8-19(16)22(24)25/h1-5,8-10,12,14-16H,6-7,11,13H2,(H,25,26);2,5-8,10,12-13,15H,3-4,9,11H2,1H3,(H,24,25). The Labute approximate surface area is 334 Å². The molecule has 286 valence electrons. The molecule has 0 fully saturated rings.